The van der Waals surface area contributed by atoms with E-state index in [4.69, 9.17) is 16.6 Å². The normalized spacial score (nSPS) is 12.4. The maximum Gasteiger partial charge on any atom is 0.265 e. The Morgan fingerprint density at radius 2 is 1.77 bits per heavy atom. The molecule has 30 heavy (non-hydrogen) atoms. The molecule has 6 nitrogen and oxygen atoms in total. The van der Waals surface area contributed by atoms with Crippen LogP contribution in [0.5, 0.6) is 5.75 Å². The molecule has 0 aliphatic rings. The van der Waals surface area contributed by atoms with Crippen molar-refractivity contribution in [1.82, 2.24) is 14.5 Å². The molecule has 0 aliphatic carbocycles. The molecule has 7 heteroatoms. The lowest BCUT2D eigenvalue weighted by Gasteiger charge is -2.19. The standard InChI is InChI=1S/C23H20ClN3O3/c1-13(2)22-26-20-16(23(30)27(22)15-8-6-14(24)7-9-15)10-11-18(28)19(20)21(29)17-5-3-4-12-25-17/h3-13,21,28-29H,1-2H3. The van der Waals surface area contributed by atoms with E-state index >= 15 is 0 Å². The first-order chi connectivity index (χ1) is 14.4. The first-order valence-electron chi connectivity index (χ1n) is 9.52. The van der Waals surface area contributed by atoms with E-state index in [1.54, 1.807) is 48.7 Å². The van der Waals surface area contributed by atoms with E-state index in [0.717, 1.165) is 0 Å². The number of halogens is 1. The second-order valence-electron chi connectivity index (χ2n) is 7.29. The van der Waals surface area contributed by atoms with Gasteiger partial charge in [-0.05, 0) is 48.5 Å². The summed E-state index contributed by atoms with van der Waals surface area (Å²) in [6.07, 6.45) is 0.328. The molecule has 2 N–H and O–H groups in total. The SMILES string of the molecule is CC(C)c1nc2c(C(O)c3ccccn3)c(O)ccc2c(=O)n1-c1ccc(Cl)cc1. The molecule has 1 atom stereocenters. The number of aliphatic hydroxyl groups excluding tert-OH is 1. The molecule has 2 aromatic heterocycles. The van der Waals surface area contributed by atoms with Gasteiger partial charge in [-0.2, -0.15) is 0 Å². The van der Waals surface area contributed by atoms with Gasteiger partial charge in [0.05, 0.1) is 27.8 Å². The van der Waals surface area contributed by atoms with Crippen molar-refractivity contribution in [3.63, 3.8) is 0 Å². The lowest BCUT2D eigenvalue weighted by Crippen LogP contribution is -2.25. The highest BCUT2D eigenvalue weighted by Gasteiger charge is 2.24. The fourth-order valence-electron chi connectivity index (χ4n) is 3.46. The summed E-state index contributed by atoms with van der Waals surface area (Å²) in [6.45, 7) is 3.86. The van der Waals surface area contributed by atoms with Gasteiger partial charge in [-0.15, -0.1) is 0 Å². The Balaban J connectivity index is 2.04. The van der Waals surface area contributed by atoms with Crippen LogP contribution in [0.15, 0.2) is 65.6 Å². The second-order valence-corrected chi connectivity index (χ2v) is 7.73. The third kappa shape index (κ3) is 3.44. The van der Waals surface area contributed by atoms with Gasteiger partial charge >= 0.3 is 0 Å². The molecule has 2 aromatic carbocycles. The summed E-state index contributed by atoms with van der Waals surface area (Å²) in [5.41, 5.74) is 1.12. The van der Waals surface area contributed by atoms with E-state index in [1.807, 2.05) is 13.8 Å². The van der Waals surface area contributed by atoms with Crippen molar-refractivity contribution in [2.45, 2.75) is 25.9 Å². The Bertz CT molecular complexity index is 1270. The molecule has 0 amide bonds. The number of nitrogens with zero attached hydrogens (tertiary/aromatic N) is 3. The minimum atomic E-state index is -1.23. The quantitative estimate of drug-likeness (QED) is 0.511. The minimum absolute atomic E-state index is 0.0972. The molecule has 0 fully saturated rings. The van der Waals surface area contributed by atoms with Crippen molar-refractivity contribution < 1.29 is 10.2 Å². The average Bonchev–Trinajstić information content (AvgIpc) is 2.74. The number of aromatic nitrogens is 3. The molecule has 0 spiro atoms. The van der Waals surface area contributed by atoms with E-state index in [-0.39, 0.29) is 33.7 Å². The Labute approximate surface area is 178 Å². The predicted octanol–water partition coefficient (Wildman–Crippen LogP) is 4.34. The topological polar surface area (TPSA) is 88.2 Å². The van der Waals surface area contributed by atoms with Gasteiger partial charge in [-0.1, -0.05) is 31.5 Å². The molecule has 152 valence electrons. The molecule has 0 saturated carbocycles. The van der Waals surface area contributed by atoms with E-state index in [2.05, 4.69) is 4.98 Å². The molecule has 1 unspecified atom stereocenters. The highest BCUT2D eigenvalue weighted by Crippen LogP contribution is 2.34. The highest BCUT2D eigenvalue weighted by molar-refractivity contribution is 6.30. The van der Waals surface area contributed by atoms with Crippen LogP contribution < -0.4 is 5.56 Å². The number of phenolic OH excluding ortho intramolecular Hbond substituents is 1. The number of benzene rings is 2. The van der Waals surface area contributed by atoms with Crippen LogP contribution in [0, 0.1) is 0 Å². The van der Waals surface area contributed by atoms with Crippen LogP contribution in [0.1, 0.15) is 43.0 Å². The number of pyridine rings is 1. The third-order valence-corrected chi connectivity index (χ3v) is 5.18. The lowest BCUT2D eigenvalue weighted by atomic mass is 10.0. The Morgan fingerprint density at radius 3 is 2.40 bits per heavy atom. The monoisotopic (exact) mass is 421 g/mol. The van der Waals surface area contributed by atoms with Gasteiger partial charge < -0.3 is 10.2 Å². The smallest absolute Gasteiger partial charge is 0.265 e. The molecule has 4 aromatic rings. The van der Waals surface area contributed by atoms with Crippen LogP contribution >= 0.6 is 11.6 Å². The zero-order chi connectivity index (χ0) is 21.4. The van der Waals surface area contributed by atoms with Crippen molar-refractivity contribution in [2.24, 2.45) is 0 Å². The zero-order valence-electron chi connectivity index (χ0n) is 16.5. The van der Waals surface area contributed by atoms with E-state index < -0.39 is 6.10 Å². The molecule has 2 heterocycles. The van der Waals surface area contributed by atoms with Crippen LogP contribution in [-0.2, 0) is 0 Å². The van der Waals surface area contributed by atoms with Crippen molar-refractivity contribution in [1.29, 1.82) is 0 Å². The summed E-state index contributed by atoms with van der Waals surface area (Å²) in [5, 5.41) is 22.3. The molecule has 4 rings (SSSR count). The fraction of sp³-hybridized carbons (Fsp3) is 0.174. The van der Waals surface area contributed by atoms with Crippen molar-refractivity contribution in [3.05, 3.63) is 93.3 Å². The van der Waals surface area contributed by atoms with Gasteiger partial charge in [0.25, 0.3) is 5.56 Å². The van der Waals surface area contributed by atoms with Crippen LogP contribution in [0.3, 0.4) is 0 Å². The summed E-state index contributed by atoms with van der Waals surface area (Å²) < 4.78 is 1.54. The zero-order valence-corrected chi connectivity index (χ0v) is 17.2. The maximum atomic E-state index is 13.5. The Kier molecular flexibility index (Phi) is 5.28. The number of rotatable bonds is 4. The molecule has 0 bridgehead atoms. The van der Waals surface area contributed by atoms with Crippen LogP contribution in [0.2, 0.25) is 5.02 Å². The Morgan fingerprint density at radius 1 is 1.03 bits per heavy atom. The molecule has 0 saturated heterocycles. The largest absolute Gasteiger partial charge is 0.507 e. The average molecular weight is 422 g/mol. The fourth-order valence-corrected chi connectivity index (χ4v) is 3.59. The van der Waals surface area contributed by atoms with Crippen molar-refractivity contribution in [3.8, 4) is 11.4 Å². The van der Waals surface area contributed by atoms with Crippen LogP contribution in [0.4, 0.5) is 0 Å². The molecule has 0 aliphatic heterocycles. The van der Waals surface area contributed by atoms with Crippen LogP contribution in [-0.4, -0.2) is 24.7 Å². The number of hydrogen-bond acceptors (Lipinski definition) is 5. The van der Waals surface area contributed by atoms with Gasteiger partial charge in [-0.25, -0.2) is 4.98 Å². The van der Waals surface area contributed by atoms with Gasteiger partial charge in [0.1, 0.15) is 17.7 Å². The summed E-state index contributed by atoms with van der Waals surface area (Å²) in [5.74, 6) is 0.265. The minimum Gasteiger partial charge on any atom is -0.507 e. The van der Waals surface area contributed by atoms with E-state index in [0.29, 0.717) is 22.2 Å². The molecular formula is C23H20ClN3O3. The van der Waals surface area contributed by atoms with Gasteiger partial charge in [-0.3, -0.25) is 14.3 Å². The summed E-state index contributed by atoms with van der Waals surface area (Å²) >= 11 is 6.00. The van der Waals surface area contributed by atoms with Gasteiger partial charge in [0, 0.05) is 17.1 Å². The van der Waals surface area contributed by atoms with E-state index in [9.17, 15) is 15.0 Å². The van der Waals surface area contributed by atoms with Crippen molar-refractivity contribution >= 4 is 22.5 Å². The highest BCUT2D eigenvalue weighted by atomic mass is 35.5. The maximum absolute atomic E-state index is 13.5. The van der Waals surface area contributed by atoms with E-state index in [1.165, 1.54) is 16.7 Å². The number of phenols is 1. The first kappa shape index (κ1) is 20.1. The summed E-state index contributed by atoms with van der Waals surface area (Å²) in [4.78, 5) is 22.4. The number of fused-ring (bicyclic) bond motifs is 1. The number of aliphatic hydroxyl groups is 1. The van der Waals surface area contributed by atoms with Crippen molar-refractivity contribution in [2.75, 3.05) is 0 Å². The molecule has 0 radical (unpaired) electrons. The summed E-state index contributed by atoms with van der Waals surface area (Å²) in [7, 11) is 0. The van der Waals surface area contributed by atoms with Crippen LogP contribution in [0.25, 0.3) is 16.6 Å². The first-order valence-corrected chi connectivity index (χ1v) is 9.89. The van der Waals surface area contributed by atoms with Gasteiger partial charge in [0.15, 0.2) is 0 Å². The number of hydrogen-bond donors (Lipinski definition) is 2. The summed E-state index contributed by atoms with van der Waals surface area (Å²) in [6, 6.07) is 15.0. The number of aromatic hydroxyl groups is 1. The van der Waals surface area contributed by atoms with Gasteiger partial charge in [0.2, 0.25) is 0 Å². The second kappa shape index (κ2) is 7.89. The Hall–Kier alpha value is -3.22. The third-order valence-electron chi connectivity index (χ3n) is 4.93. The predicted molar refractivity (Wildman–Crippen MR) is 116 cm³/mol. The molecular weight excluding hydrogens is 402 g/mol. The lowest BCUT2D eigenvalue weighted by molar-refractivity contribution is 0.212.